The number of aromatic nitrogens is 3. The number of hydrogen-bond acceptors (Lipinski definition) is 4. The van der Waals surface area contributed by atoms with Gasteiger partial charge in [0.2, 0.25) is 5.91 Å². The van der Waals surface area contributed by atoms with E-state index in [0.717, 1.165) is 56.9 Å². The largest absolute Gasteiger partial charge is 0.356 e. The summed E-state index contributed by atoms with van der Waals surface area (Å²) in [5, 5.41) is 4.20. The third kappa shape index (κ3) is 3.05. The van der Waals surface area contributed by atoms with Gasteiger partial charge in [0.15, 0.2) is 5.65 Å². The molecule has 6 heteroatoms. The molecule has 5 rings (SSSR count). The number of hydrogen-bond donors (Lipinski definition) is 0. The molecule has 0 spiro atoms. The van der Waals surface area contributed by atoms with Crippen LogP contribution in [-0.2, 0) is 17.8 Å². The lowest BCUT2D eigenvalue weighted by molar-refractivity contribution is -0.136. The maximum atomic E-state index is 13.2. The molecule has 0 bridgehead atoms. The maximum absolute atomic E-state index is 13.2. The van der Waals surface area contributed by atoms with E-state index in [2.05, 4.69) is 34.3 Å². The maximum Gasteiger partial charge on any atom is 0.227 e. The Kier molecular flexibility index (Phi) is 4.03. The van der Waals surface area contributed by atoms with Crippen molar-refractivity contribution in [2.45, 2.75) is 25.8 Å². The van der Waals surface area contributed by atoms with Crippen LogP contribution in [0.5, 0.6) is 0 Å². The number of anilines is 1. The fourth-order valence-corrected chi connectivity index (χ4v) is 4.31. The van der Waals surface area contributed by atoms with Crippen molar-refractivity contribution in [1.29, 1.82) is 0 Å². The minimum Gasteiger partial charge on any atom is -0.356 e. The Bertz CT molecular complexity index is 981. The summed E-state index contributed by atoms with van der Waals surface area (Å²) in [4.78, 5) is 22.2. The highest BCUT2D eigenvalue weighted by Gasteiger charge is 2.31. The summed E-state index contributed by atoms with van der Waals surface area (Å²) in [5.74, 6) is 1.27. The Morgan fingerprint density at radius 3 is 2.89 bits per heavy atom. The fourth-order valence-electron chi connectivity index (χ4n) is 4.31. The quantitative estimate of drug-likeness (QED) is 0.704. The summed E-state index contributed by atoms with van der Waals surface area (Å²) in [6, 6.07) is 12.4. The number of piperidine rings is 1. The van der Waals surface area contributed by atoms with E-state index in [1.165, 1.54) is 11.1 Å². The van der Waals surface area contributed by atoms with Crippen molar-refractivity contribution in [2.75, 3.05) is 24.5 Å². The van der Waals surface area contributed by atoms with Gasteiger partial charge in [0.25, 0.3) is 0 Å². The molecule has 1 amide bonds. The molecule has 2 aliphatic heterocycles. The number of nitrogens with zero attached hydrogens (tertiary/aromatic N) is 5. The molecule has 4 heterocycles. The van der Waals surface area contributed by atoms with E-state index >= 15 is 0 Å². The number of amides is 1. The molecule has 3 aromatic rings. The van der Waals surface area contributed by atoms with E-state index in [0.29, 0.717) is 5.91 Å². The van der Waals surface area contributed by atoms with Gasteiger partial charge in [0.1, 0.15) is 5.82 Å². The lowest BCUT2D eigenvalue weighted by atomic mass is 9.94. The van der Waals surface area contributed by atoms with Gasteiger partial charge < -0.3 is 9.80 Å². The van der Waals surface area contributed by atoms with Gasteiger partial charge in [-0.3, -0.25) is 4.79 Å². The van der Waals surface area contributed by atoms with Crippen molar-refractivity contribution in [3.05, 3.63) is 59.9 Å². The van der Waals surface area contributed by atoms with Crippen LogP contribution in [-0.4, -0.2) is 45.0 Å². The summed E-state index contributed by atoms with van der Waals surface area (Å²) in [6.45, 7) is 3.26. The third-order valence-corrected chi connectivity index (χ3v) is 5.78. The molecule has 0 saturated carbocycles. The molecular formula is C21H23N5O. The zero-order valence-corrected chi connectivity index (χ0v) is 15.3. The normalized spacial score (nSPS) is 19.9. The van der Waals surface area contributed by atoms with E-state index in [1.54, 1.807) is 10.7 Å². The molecule has 0 radical (unpaired) electrons. The Morgan fingerprint density at radius 2 is 1.96 bits per heavy atom. The molecule has 138 valence electrons. The third-order valence-electron chi connectivity index (χ3n) is 5.78. The molecule has 1 unspecified atom stereocenters. The van der Waals surface area contributed by atoms with Crippen LogP contribution >= 0.6 is 0 Å². The van der Waals surface area contributed by atoms with Crippen molar-refractivity contribution in [3.63, 3.8) is 0 Å². The number of rotatable bonds is 2. The molecule has 1 saturated heterocycles. The zero-order chi connectivity index (χ0) is 18.2. The number of carbonyl (C=O) groups is 1. The summed E-state index contributed by atoms with van der Waals surface area (Å²) in [6.07, 6.45) is 6.63. The second kappa shape index (κ2) is 6.68. The fraction of sp³-hybridized carbons (Fsp3) is 0.381. The topological polar surface area (TPSA) is 53.7 Å². The second-order valence-corrected chi connectivity index (χ2v) is 7.48. The summed E-state index contributed by atoms with van der Waals surface area (Å²) < 4.78 is 1.77. The van der Waals surface area contributed by atoms with Crippen molar-refractivity contribution >= 4 is 17.4 Å². The minimum atomic E-state index is 0.0481. The predicted octanol–water partition coefficient (Wildman–Crippen LogP) is 2.53. The van der Waals surface area contributed by atoms with Gasteiger partial charge in [-0.15, -0.1) is 0 Å². The van der Waals surface area contributed by atoms with E-state index in [4.69, 9.17) is 4.98 Å². The van der Waals surface area contributed by atoms with Gasteiger partial charge in [-0.1, -0.05) is 24.3 Å². The average molecular weight is 361 g/mol. The predicted molar refractivity (Wildman–Crippen MR) is 103 cm³/mol. The van der Waals surface area contributed by atoms with Crippen LogP contribution in [0.2, 0.25) is 0 Å². The number of carbonyl (C=O) groups excluding carboxylic acids is 1. The van der Waals surface area contributed by atoms with Crippen LogP contribution in [0.4, 0.5) is 5.82 Å². The van der Waals surface area contributed by atoms with Crippen molar-refractivity contribution in [3.8, 4) is 0 Å². The molecule has 2 aliphatic rings. The summed E-state index contributed by atoms with van der Waals surface area (Å²) >= 11 is 0. The molecule has 6 nitrogen and oxygen atoms in total. The van der Waals surface area contributed by atoms with Crippen LogP contribution < -0.4 is 4.90 Å². The average Bonchev–Trinajstić information content (AvgIpc) is 3.21. The first-order chi connectivity index (χ1) is 13.3. The summed E-state index contributed by atoms with van der Waals surface area (Å²) in [5.41, 5.74) is 3.51. The van der Waals surface area contributed by atoms with Crippen LogP contribution in [0, 0.1) is 5.92 Å². The van der Waals surface area contributed by atoms with Gasteiger partial charge in [-0.2, -0.15) is 5.10 Å². The van der Waals surface area contributed by atoms with Gasteiger partial charge in [-0.25, -0.2) is 9.50 Å². The summed E-state index contributed by atoms with van der Waals surface area (Å²) in [7, 11) is 0. The monoisotopic (exact) mass is 361 g/mol. The second-order valence-electron chi connectivity index (χ2n) is 7.48. The molecule has 1 aromatic carbocycles. The van der Waals surface area contributed by atoms with Gasteiger partial charge in [0, 0.05) is 38.4 Å². The minimum absolute atomic E-state index is 0.0481. The highest BCUT2D eigenvalue weighted by atomic mass is 16.2. The van der Waals surface area contributed by atoms with Crippen LogP contribution in [0.25, 0.3) is 5.65 Å². The molecule has 0 N–H and O–H groups in total. The number of fused-ring (bicyclic) bond motifs is 2. The first-order valence-electron chi connectivity index (χ1n) is 9.69. The zero-order valence-electron chi connectivity index (χ0n) is 15.3. The Labute approximate surface area is 158 Å². The van der Waals surface area contributed by atoms with Crippen molar-refractivity contribution in [1.82, 2.24) is 19.5 Å². The molecule has 27 heavy (non-hydrogen) atoms. The van der Waals surface area contributed by atoms with E-state index in [9.17, 15) is 4.79 Å². The van der Waals surface area contributed by atoms with Gasteiger partial charge in [0.05, 0.1) is 12.1 Å². The molecule has 1 atom stereocenters. The highest BCUT2D eigenvalue weighted by Crippen LogP contribution is 2.26. The SMILES string of the molecule is O=C(C1CCCN(c2ccn3nccc3n2)C1)N1CCc2ccccc2C1. The Hall–Kier alpha value is -2.89. The van der Waals surface area contributed by atoms with Crippen LogP contribution in [0.15, 0.2) is 48.8 Å². The van der Waals surface area contributed by atoms with Crippen molar-refractivity contribution in [2.24, 2.45) is 5.92 Å². The highest BCUT2D eigenvalue weighted by molar-refractivity contribution is 5.80. The smallest absolute Gasteiger partial charge is 0.227 e. The standard InChI is InChI=1S/C21H23N5O/c27-21(25-12-8-16-4-1-2-5-17(16)14-25)18-6-3-11-24(15-18)19-9-13-26-20(23-19)7-10-22-26/h1-2,4-5,7,9-10,13,18H,3,6,8,11-12,14-15H2. The van der Waals surface area contributed by atoms with Crippen molar-refractivity contribution < 1.29 is 4.79 Å². The lowest BCUT2D eigenvalue weighted by Gasteiger charge is -2.37. The Balaban J connectivity index is 1.31. The Morgan fingerprint density at radius 1 is 1.07 bits per heavy atom. The first-order valence-corrected chi connectivity index (χ1v) is 9.69. The molecule has 0 aliphatic carbocycles. The van der Waals surface area contributed by atoms with E-state index < -0.39 is 0 Å². The van der Waals surface area contributed by atoms with Gasteiger partial charge >= 0.3 is 0 Å². The first kappa shape index (κ1) is 16.3. The van der Waals surface area contributed by atoms with E-state index in [1.807, 2.05) is 23.2 Å². The van der Waals surface area contributed by atoms with Crippen LogP contribution in [0.3, 0.4) is 0 Å². The van der Waals surface area contributed by atoms with Gasteiger partial charge in [-0.05, 0) is 36.5 Å². The molecule has 1 fully saturated rings. The van der Waals surface area contributed by atoms with E-state index in [-0.39, 0.29) is 5.92 Å². The molecule has 2 aromatic heterocycles. The van der Waals surface area contributed by atoms with Crippen LogP contribution in [0.1, 0.15) is 24.0 Å². The lowest BCUT2D eigenvalue weighted by Crippen LogP contribution is -2.46. The molecular weight excluding hydrogens is 338 g/mol. The number of benzene rings is 1.